The summed E-state index contributed by atoms with van der Waals surface area (Å²) in [4.78, 5) is 10.3. The molecule has 0 aliphatic heterocycles. The van der Waals surface area contributed by atoms with Crippen LogP contribution in [-0.4, -0.2) is 18.3 Å². The highest BCUT2D eigenvalue weighted by atomic mass is 35.5. The molecule has 0 aromatic heterocycles. The van der Waals surface area contributed by atoms with E-state index in [1.54, 1.807) is 0 Å². The number of hydrogen-bond donors (Lipinski definition) is 1. The lowest BCUT2D eigenvalue weighted by atomic mass is 10.2. The minimum absolute atomic E-state index is 0.00645. The van der Waals surface area contributed by atoms with E-state index >= 15 is 0 Å². The van der Waals surface area contributed by atoms with Crippen molar-refractivity contribution in [1.82, 2.24) is 5.32 Å². The zero-order chi connectivity index (χ0) is 7.28. The molecular formula is C6H12ClNO. The standard InChI is InChI=1S/C6H12ClNO/c1-5(3-7)4-8-6(2)9/h5H,3-4H2,1-2H3,(H,8,9). The molecule has 0 aliphatic rings. The minimum Gasteiger partial charge on any atom is -0.356 e. The lowest BCUT2D eigenvalue weighted by Gasteiger charge is -2.05. The van der Waals surface area contributed by atoms with Gasteiger partial charge in [0.05, 0.1) is 0 Å². The maximum Gasteiger partial charge on any atom is 0.216 e. The van der Waals surface area contributed by atoms with Gasteiger partial charge in [-0.3, -0.25) is 4.79 Å². The molecular weight excluding hydrogens is 138 g/mol. The Balaban J connectivity index is 3.16. The number of carbonyl (C=O) groups excluding carboxylic acids is 1. The van der Waals surface area contributed by atoms with Crippen molar-refractivity contribution in [2.24, 2.45) is 5.92 Å². The largest absolute Gasteiger partial charge is 0.356 e. The fraction of sp³-hybridized carbons (Fsp3) is 0.833. The van der Waals surface area contributed by atoms with E-state index in [9.17, 15) is 4.79 Å². The van der Waals surface area contributed by atoms with Crippen LogP contribution in [0, 0.1) is 5.92 Å². The van der Waals surface area contributed by atoms with Gasteiger partial charge in [0, 0.05) is 19.3 Å². The van der Waals surface area contributed by atoms with Gasteiger partial charge in [0.2, 0.25) is 5.91 Å². The summed E-state index contributed by atoms with van der Waals surface area (Å²) in [6, 6.07) is 0. The zero-order valence-electron chi connectivity index (χ0n) is 5.78. The van der Waals surface area contributed by atoms with Crippen molar-refractivity contribution in [2.45, 2.75) is 13.8 Å². The lowest BCUT2D eigenvalue weighted by Crippen LogP contribution is -2.26. The molecule has 54 valence electrons. The van der Waals surface area contributed by atoms with E-state index in [0.29, 0.717) is 18.3 Å². The normalized spacial score (nSPS) is 12.8. The molecule has 0 aromatic carbocycles. The highest BCUT2D eigenvalue weighted by Gasteiger charge is 1.98. The Morgan fingerprint density at radius 1 is 1.78 bits per heavy atom. The van der Waals surface area contributed by atoms with E-state index in [-0.39, 0.29) is 5.91 Å². The highest BCUT2D eigenvalue weighted by molar-refractivity contribution is 6.18. The summed E-state index contributed by atoms with van der Waals surface area (Å²) in [6.07, 6.45) is 0. The predicted octanol–water partition coefficient (Wildman–Crippen LogP) is 0.997. The average molecular weight is 150 g/mol. The van der Waals surface area contributed by atoms with Gasteiger partial charge >= 0.3 is 0 Å². The first-order chi connectivity index (χ1) is 4.16. The Morgan fingerprint density at radius 3 is 2.67 bits per heavy atom. The molecule has 0 bridgehead atoms. The Morgan fingerprint density at radius 2 is 2.33 bits per heavy atom. The molecule has 3 heteroatoms. The second kappa shape index (κ2) is 4.62. The lowest BCUT2D eigenvalue weighted by molar-refractivity contribution is -0.119. The molecule has 0 saturated carbocycles. The first-order valence-corrected chi connectivity index (χ1v) is 3.50. The van der Waals surface area contributed by atoms with Gasteiger partial charge < -0.3 is 5.32 Å². The second-order valence-corrected chi connectivity index (χ2v) is 2.51. The molecule has 2 nitrogen and oxygen atoms in total. The first kappa shape index (κ1) is 8.76. The summed E-state index contributed by atoms with van der Waals surface area (Å²) in [5, 5.41) is 2.67. The molecule has 0 fully saturated rings. The minimum atomic E-state index is 0.00645. The third kappa shape index (κ3) is 5.63. The van der Waals surface area contributed by atoms with E-state index in [2.05, 4.69) is 5.32 Å². The van der Waals surface area contributed by atoms with Crippen LogP contribution in [0.2, 0.25) is 0 Å². The van der Waals surface area contributed by atoms with E-state index < -0.39 is 0 Å². The number of rotatable bonds is 3. The molecule has 0 rings (SSSR count). The smallest absolute Gasteiger partial charge is 0.216 e. The van der Waals surface area contributed by atoms with Crippen LogP contribution in [0.15, 0.2) is 0 Å². The number of nitrogens with one attached hydrogen (secondary N) is 1. The summed E-state index contributed by atoms with van der Waals surface area (Å²) in [5.74, 6) is 0.975. The first-order valence-electron chi connectivity index (χ1n) is 2.97. The Kier molecular flexibility index (Phi) is 4.50. The van der Waals surface area contributed by atoms with Crippen LogP contribution < -0.4 is 5.32 Å². The summed E-state index contributed by atoms with van der Waals surface area (Å²) in [6.45, 7) is 4.17. The van der Waals surface area contributed by atoms with Crippen LogP contribution in [0.25, 0.3) is 0 Å². The van der Waals surface area contributed by atoms with Gasteiger partial charge in [-0.1, -0.05) is 6.92 Å². The van der Waals surface area contributed by atoms with Crippen LogP contribution in [0.4, 0.5) is 0 Å². The van der Waals surface area contributed by atoms with E-state index in [1.165, 1.54) is 6.92 Å². The highest BCUT2D eigenvalue weighted by Crippen LogP contribution is 1.93. The van der Waals surface area contributed by atoms with Gasteiger partial charge in [0.25, 0.3) is 0 Å². The summed E-state index contributed by atoms with van der Waals surface area (Å²) >= 11 is 5.48. The molecule has 0 aromatic rings. The number of amides is 1. The number of halogens is 1. The Hall–Kier alpha value is -0.240. The summed E-state index contributed by atoms with van der Waals surface area (Å²) in [5.41, 5.74) is 0. The molecule has 1 N–H and O–H groups in total. The number of alkyl halides is 1. The Bertz CT molecular complexity index is 95.1. The average Bonchev–Trinajstić information content (AvgIpc) is 1.83. The van der Waals surface area contributed by atoms with Crippen molar-refractivity contribution in [3.63, 3.8) is 0 Å². The van der Waals surface area contributed by atoms with Crippen LogP contribution in [0.3, 0.4) is 0 Å². The molecule has 9 heavy (non-hydrogen) atoms. The summed E-state index contributed by atoms with van der Waals surface area (Å²) < 4.78 is 0. The van der Waals surface area contributed by atoms with Gasteiger partial charge in [-0.25, -0.2) is 0 Å². The Labute approximate surface area is 60.6 Å². The topological polar surface area (TPSA) is 29.1 Å². The molecule has 1 atom stereocenters. The molecule has 0 heterocycles. The second-order valence-electron chi connectivity index (χ2n) is 2.20. The van der Waals surface area contributed by atoms with Crippen LogP contribution in [0.1, 0.15) is 13.8 Å². The van der Waals surface area contributed by atoms with Crippen molar-refractivity contribution in [1.29, 1.82) is 0 Å². The van der Waals surface area contributed by atoms with Gasteiger partial charge in [-0.15, -0.1) is 11.6 Å². The fourth-order valence-electron chi connectivity index (χ4n) is 0.373. The molecule has 0 saturated heterocycles. The number of carbonyl (C=O) groups is 1. The van der Waals surface area contributed by atoms with Crippen LogP contribution in [-0.2, 0) is 4.79 Å². The van der Waals surface area contributed by atoms with Crippen molar-refractivity contribution in [3.8, 4) is 0 Å². The molecule has 0 spiro atoms. The van der Waals surface area contributed by atoms with Gasteiger partial charge in [-0.05, 0) is 5.92 Å². The van der Waals surface area contributed by atoms with Gasteiger partial charge in [0.15, 0.2) is 0 Å². The van der Waals surface area contributed by atoms with Gasteiger partial charge in [-0.2, -0.15) is 0 Å². The monoisotopic (exact) mass is 149 g/mol. The maximum atomic E-state index is 10.3. The number of hydrogen-bond acceptors (Lipinski definition) is 1. The summed E-state index contributed by atoms with van der Waals surface area (Å²) in [7, 11) is 0. The van der Waals surface area contributed by atoms with Crippen molar-refractivity contribution < 1.29 is 4.79 Å². The van der Waals surface area contributed by atoms with E-state index in [0.717, 1.165) is 0 Å². The van der Waals surface area contributed by atoms with E-state index in [1.807, 2.05) is 6.92 Å². The predicted molar refractivity (Wildman–Crippen MR) is 38.6 cm³/mol. The SMILES string of the molecule is CC(=O)NCC(C)CCl. The third-order valence-corrected chi connectivity index (χ3v) is 1.49. The van der Waals surface area contributed by atoms with Crippen molar-refractivity contribution in [2.75, 3.05) is 12.4 Å². The quantitative estimate of drug-likeness (QED) is 0.596. The van der Waals surface area contributed by atoms with Crippen LogP contribution in [0.5, 0.6) is 0 Å². The van der Waals surface area contributed by atoms with Gasteiger partial charge in [0.1, 0.15) is 0 Å². The molecule has 1 unspecified atom stereocenters. The van der Waals surface area contributed by atoms with Crippen LogP contribution >= 0.6 is 11.6 Å². The van der Waals surface area contributed by atoms with Crippen molar-refractivity contribution >= 4 is 17.5 Å². The fourth-order valence-corrected chi connectivity index (χ4v) is 0.482. The molecule has 1 amide bonds. The maximum absolute atomic E-state index is 10.3. The van der Waals surface area contributed by atoms with E-state index in [4.69, 9.17) is 11.6 Å². The molecule has 0 radical (unpaired) electrons. The van der Waals surface area contributed by atoms with Crippen molar-refractivity contribution in [3.05, 3.63) is 0 Å². The third-order valence-electron chi connectivity index (χ3n) is 0.963. The molecule has 0 aliphatic carbocycles. The zero-order valence-corrected chi connectivity index (χ0v) is 6.53.